The highest BCUT2D eigenvalue weighted by atomic mass is 16.5. The predicted octanol–water partition coefficient (Wildman–Crippen LogP) is 3.61. The summed E-state index contributed by atoms with van der Waals surface area (Å²) in [6, 6.07) is 11.5. The molecule has 0 fully saturated rings. The van der Waals surface area contributed by atoms with E-state index in [1.807, 2.05) is 67.0 Å². The molecule has 1 aromatic carbocycles. The van der Waals surface area contributed by atoms with Crippen LogP contribution in [0, 0.1) is 6.92 Å². The second kappa shape index (κ2) is 7.17. The summed E-state index contributed by atoms with van der Waals surface area (Å²) in [5.41, 5.74) is 3.43. The maximum absolute atomic E-state index is 12.3. The molecular weight excluding hydrogens is 302 g/mol. The lowest BCUT2D eigenvalue weighted by Crippen LogP contribution is -2.15. The van der Waals surface area contributed by atoms with Crippen LogP contribution in [-0.2, 0) is 11.2 Å². The molecule has 0 radical (unpaired) electrons. The van der Waals surface area contributed by atoms with Gasteiger partial charge < -0.3 is 14.5 Å². The Labute approximate surface area is 141 Å². The monoisotopic (exact) mass is 323 g/mol. The molecule has 24 heavy (non-hydrogen) atoms. The molecule has 2 aromatic heterocycles. The number of anilines is 1. The van der Waals surface area contributed by atoms with Crippen LogP contribution >= 0.6 is 0 Å². The van der Waals surface area contributed by atoms with Crippen molar-refractivity contribution in [1.29, 1.82) is 0 Å². The second-order valence-corrected chi connectivity index (χ2v) is 5.77. The van der Waals surface area contributed by atoms with E-state index in [-0.39, 0.29) is 12.3 Å². The second-order valence-electron chi connectivity index (χ2n) is 5.77. The fourth-order valence-electron chi connectivity index (χ4n) is 2.49. The van der Waals surface area contributed by atoms with E-state index in [4.69, 9.17) is 4.74 Å². The number of imidazole rings is 1. The van der Waals surface area contributed by atoms with Gasteiger partial charge in [0.05, 0.1) is 24.4 Å². The Morgan fingerprint density at radius 2 is 2.12 bits per heavy atom. The van der Waals surface area contributed by atoms with Gasteiger partial charge in [-0.25, -0.2) is 4.98 Å². The van der Waals surface area contributed by atoms with Gasteiger partial charge in [0, 0.05) is 12.4 Å². The largest absolute Gasteiger partial charge is 0.491 e. The lowest BCUT2D eigenvalue weighted by Gasteiger charge is -2.11. The highest BCUT2D eigenvalue weighted by Crippen LogP contribution is 2.24. The number of hydrogen-bond donors (Lipinski definition) is 1. The summed E-state index contributed by atoms with van der Waals surface area (Å²) in [7, 11) is 0. The smallest absolute Gasteiger partial charge is 0.230 e. The number of aryl methyl sites for hydroxylation is 1. The van der Waals surface area contributed by atoms with Gasteiger partial charge in [-0.2, -0.15) is 0 Å². The molecule has 0 unspecified atom stereocenters. The van der Waals surface area contributed by atoms with Crippen molar-refractivity contribution in [2.45, 2.75) is 26.7 Å². The maximum Gasteiger partial charge on any atom is 0.230 e. The van der Waals surface area contributed by atoms with Crippen molar-refractivity contribution in [2.24, 2.45) is 0 Å². The van der Waals surface area contributed by atoms with Crippen molar-refractivity contribution in [3.8, 4) is 5.75 Å². The van der Waals surface area contributed by atoms with E-state index < -0.39 is 0 Å². The van der Waals surface area contributed by atoms with Gasteiger partial charge in [-0.15, -0.1) is 0 Å². The van der Waals surface area contributed by atoms with E-state index >= 15 is 0 Å². The molecule has 0 atom stereocenters. The van der Waals surface area contributed by atoms with Gasteiger partial charge >= 0.3 is 0 Å². The molecule has 0 bridgehead atoms. The molecule has 1 amide bonds. The minimum absolute atomic E-state index is 0.109. The Kier molecular flexibility index (Phi) is 4.79. The van der Waals surface area contributed by atoms with Crippen molar-refractivity contribution in [2.75, 3.05) is 11.9 Å². The van der Waals surface area contributed by atoms with Crippen LogP contribution in [0.25, 0.3) is 5.65 Å². The number of nitrogens with one attached hydrogen (secondary N) is 1. The number of ether oxygens (including phenoxy) is 1. The number of carbonyl (C=O) groups excluding carboxylic acids is 1. The number of benzene rings is 1. The maximum atomic E-state index is 12.3. The Bertz CT molecular complexity index is 855. The molecule has 0 aliphatic rings. The SMILES string of the molecule is CCCOc1ccccc1NC(=O)Cc1cn2ccc(C)cc2n1. The van der Waals surface area contributed by atoms with Crippen LogP contribution in [0.1, 0.15) is 24.6 Å². The third-order valence-corrected chi connectivity index (χ3v) is 3.63. The van der Waals surface area contributed by atoms with E-state index in [0.717, 1.165) is 23.3 Å². The van der Waals surface area contributed by atoms with Crippen LogP contribution in [0.2, 0.25) is 0 Å². The first kappa shape index (κ1) is 16.1. The molecule has 0 aliphatic heterocycles. The highest BCUT2D eigenvalue weighted by molar-refractivity contribution is 5.93. The molecule has 124 valence electrons. The van der Waals surface area contributed by atoms with Gasteiger partial charge in [-0.3, -0.25) is 4.79 Å². The third kappa shape index (κ3) is 3.74. The van der Waals surface area contributed by atoms with Crippen LogP contribution in [0.15, 0.2) is 48.8 Å². The lowest BCUT2D eigenvalue weighted by molar-refractivity contribution is -0.115. The number of amides is 1. The molecule has 3 rings (SSSR count). The Balaban J connectivity index is 1.71. The first-order chi connectivity index (χ1) is 11.7. The molecule has 5 heteroatoms. The van der Waals surface area contributed by atoms with Crippen LogP contribution in [0.3, 0.4) is 0 Å². The zero-order chi connectivity index (χ0) is 16.9. The lowest BCUT2D eigenvalue weighted by atomic mass is 10.2. The van der Waals surface area contributed by atoms with E-state index in [2.05, 4.69) is 10.3 Å². The van der Waals surface area contributed by atoms with Crippen LogP contribution in [0.4, 0.5) is 5.69 Å². The van der Waals surface area contributed by atoms with Crippen LogP contribution in [-0.4, -0.2) is 21.9 Å². The summed E-state index contributed by atoms with van der Waals surface area (Å²) in [5.74, 6) is 0.584. The van der Waals surface area contributed by atoms with Crippen molar-refractivity contribution >= 4 is 17.2 Å². The zero-order valence-corrected chi connectivity index (χ0v) is 14.0. The molecule has 0 aliphatic carbocycles. The Hall–Kier alpha value is -2.82. The quantitative estimate of drug-likeness (QED) is 0.754. The number of fused-ring (bicyclic) bond motifs is 1. The fraction of sp³-hybridized carbons (Fsp3) is 0.263. The molecule has 0 spiro atoms. The van der Waals surface area contributed by atoms with Gasteiger partial charge in [-0.1, -0.05) is 19.1 Å². The van der Waals surface area contributed by atoms with Crippen LogP contribution in [0.5, 0.6) is 5.75 Å². The first-order valence-corrected chi connectivity index (χ1v) is 8.11. The summed E-state index contributed by atoms with van der Waals surface area (Å²) >= 11 is 0. The molecule has 2 heterocycles. The normalized spacial score (nSPS) is 10.8. The topological polar surface area (TPSA) is 55.6 Å². The predicted molar refractivity (Wildman–Crippen MR) is 94.5 cm³/mol. The number of pyridine rings is 1. The summed E-state index contributed by atoms with van der Waals surface area (Å²) in [5, 5.41) is 2.91. The zero-order valence-electron chi connectivity index (χ0n) is 14.0. The number of hydrogen-bond acceptors (Lipinski definition) is 3. The fourth-order valence-corrected chi connectivity index (χ4v) is 2.49. The van der Waals surface area contributed by atoms with Crippen molar-refractivity contribution in [1.82, 2.24) is 9.38 Å². The van der Waals surface area contributed by atoms with Gasteiger partial charge in [0.15, 0.2) is 0 Å². The molecule has 0 saturated carbocycles. The van der Waals surface area contributed by atoms with Crippen molar-refractivity contribution < 1.29 is 9.53 Å². The summed E-state index contributed by atoms with van der Waals surface area (Å²) in [6.45, 7) is 4.69. The third-order valence-electron chi connectivity index (χ3n) is 3.63. The first-order valence-electron chi connectivity index (χ1n) is 8.11. The van der Waals surface area contributed by atoms with E-state index in [0.29, 0.717) is 18.0 Å². The Morgan fingerprint density at radius 3 is 2.96 bits per heavy atom. The number of nitrogens with zero attached hydrogens (tertiary/aromatic N) is 2. The van der Waals surface area contributed by atoms with Crippen LogP contribution < -0.4 is 10.1 Å². The minimum Gasteiger partial charge on any atom is -0.491 e. The number of aromatic nitrogens is 2. The van der Waals surface area contributed by atoms with Gasteiger partial charge in [0.25, 0.3) is 0 Å². The average molecular weight is 323 g/mol. The molecule has 1 N–H and O–H groups in total. The molecule has 0 saturated heterocycles. The minimum atomic E-state index is -0.109. The summed E-state index contributed by atoms with van der Waals surface area (Å²) < 4.78 is 7.59. The van der Waals surface area contributed by atoms with Gasteiger partial charge in [0.1, 0.15) is 11.4 Å². The summed E-state index contributed by atoms with van der Waals surface area (Å²) in [6.07, 6.45) is 4.98. The Morgan fingerprint density at radius 1 is 1.29 bits per heavy atom. The van der Waals surface area contributed by atoms with Gasteiger partial charge in [0.2, 0.25) is 5.91 Å². The molecule has 3 aromatic rings. The summed E-state index contributed by atoms with van der Waals surface area (Å²) in [4.78, 5) is 16.8. The van der Waals surface area contributed by atoms with E-state index in [1.54, 1.807) is 0 Å². The van der Waals surface area contributed by atoms with Crippen molar-refractivity contribution in [3.63, 3.8) is 0 Å². The molecular formula is C19H21N3O2. The average Bonchev–Trinajstić information content (AvgIpc) is 2.95. The van der Waals surface area contributed by atoms with E-state index in [9.17, 15) is 4.79 Å². The highest BCUT2D eigenvalue weighted by Gasteiger charge is 2.11. The number of rotatable bonds is 6. The molecule has 5 nitrogen and oxygen atoms in total. The standard InChI is InChI=1S/C19H21N3O2/c1-3-10-24-17-7-5-4-6-16(17)21-19(23)12-15-13-22-9-8-14(2)11-18(22)20-15/h4-9,11,13H,3,10,12H2,1-2H3,(H,21,23). The van der Waals surface area contributed by atoms with E-state index in [1.165, 1.54) is 0 Å². The van der Waals surface area contributed by atoms with Gasteiger partial charge in [-0.05, 0) is 43.2 Å². The number of carbonyl (C=O) groups is 1. The number of para-hydroxylation sites is 2. The van der Waals surface area contributed by atoms with Crippen molar-refractivity contribution in [3.05, 3.63) is 60.0 Å².